The first-order chi connectivity index (χ1) is 11.1. The highest BCUT2D eigenvalue weighted by atomic mass is 16.5. The zero-order valence-corrected chi connectivity index (χ0v) is 12.9. The highest BCUT2D eigenvalue weighted by molar-refractivity contribution is 5.90. The van der Waals surface area contributed by atoms with Gasteiger partial charge in [-0.05, 0) is 24.6 Å². The smallest absolute Gasteiger partial charge is 0.214 e. The van der Waals surface area contributed by atoms with E-state index in [0.29, 0.717) is 36.3 Å². The van der Waals surface area contributed by atoms with Gasteiger partial charge in [0.1, 0.15) is 12.4 Å². The van der Waals surface area contributed by atoms with Crippen molar-refractivity contribution in [1.29, 1.82) is 0 Å². The molecule has 1 amide bonds. The van der Waals surface area contributed by atoms with Crippen molar-refractivity contribution in [3.8, 4) is 5.75 Å². The molecule has 0 bridgehead atoms. The number of aliphatic hydroxyl groups excluding tert-OH is 1. The Kier molecular flexibility index (Phi) is 5.88. The number of nitrogens with zero attached hydrogens (tertiary/aromatic N) is 1. The van der Waals surface area contributed by atoms with E-state index in [1.54, 1.807) is 25.1 Å². The van der Waals surface area contributed by atoms with Gasteiger partial charge >= 0.3 is 0 Å². The van der Waals surface area contributed by atoms with Gasteiger partial charge in [-0.3, -0.25) is 9.59 Å². The van der Waals surface area contributed by atoms with E-state index >= 15 is 0 Å². The van der Waals surface area contributed by atoms with E-state index in [2.05, 4.69) is 0 Å². The fraction of sp³-hybridized carbons (Fsp3) is 0.222. The number of ether oxygens (including phenoxy) is 1. The van der Waals surface area contributed by atoms with Gasteiger partial charge in [0, 0.05) is 11.6 Å². The third kappa shape index (κ3) is 4.66. The molecule has 1 atom stereocenters. The van der Waals surface area contributed by atoms with Crippen molar-refractivity contribution in [2.24, 2.45) is 0 Å². The molecule has 2 aromatic rings. The standard InChI is InChI=1S/C18H19NO4/c1-14(22)10-19(13-21)18-9-17(8-7-16(18)11-20)23-12-15-5-3-2-4-6-15/h2-9,11,13-14,22H,10,12H2,1H3. The van der Waals surface area contributed by atoms with Crippen molar-refractivity contribution >= 4 is 18.4 Å². The van der Waals surface area contributed by atoms with Gasteiger partial charge in [0.05, 0.1) is 18.3 Å². The molecule has 0 radical (unpaired) electrons. The second-order valence-corrected chi connectivity index (χ2v) is 5.22. The lowest BCUT2D eigenvalue weighted by molar-refractivity contribution is -0.107. The quantitative estimate of drug-likeness (QED) is 0.760. The van der Waals surface area contributed by atoms with E-state index in [1.807, 2.05) is 30.3 Å². The van der Waals surface area contributed by atoms with Crippen LogP contribution in [-0.4, -0.2) is 30.5 Å². The Bertz CT molecular complexity index is 655. The third-order valence-corrected chi connectivity index (χ3v) is 3.27. The van der Waals surface area contributed by atoms with Crippen LogP contribution < -0.4 is 9.64 Å². The summed E-state index contributed by atoms with van der Waals surface area (Å²) >= 11 is 0. The van der Waals surface area contributed by atoms with E-state index in [4.69, 9.17) is 4.74 Å². The third-order valence-electron chi connectivity index (χ3n) is 3.27. The van der Waals surface area contributed by atoms with Crippen LogP contribution in [0.15, 0.2) is 48.5 Å². The molecule has 5 nitrogen and oxygen atoms in total. The lowest BCUT2D eigenvalue weighted by Gasteiger charge is -2.21. The number of carbonyl (C=O) groups is 2. The summed E-state index contributed by atoms with van der Waals surface area (Å²) in [5.41, 5.74) is 1.80. The van der Waals surface area contributed by atoms with Crippen LogP contribution in [-0.2, 0) is 11.4 Å². The monoisotopic (exact) mass is 313 g/mol. The fourth-order valence-corrected chi connectivity index (χ4v) is 2.19. The van der Waals surface area contributed by atoms with Gasteiger partial charge < -0.3 is 14.7 Å². The number of hydrogen-bond donors (Lipinski definition) is 1. The molecule has 0 spiro atoms. The second kappa shape index (κ2) is 8.10. The molecule has 1 unspecified atom stereocenters. The lowest BCUT2D eigenvalue weighted by Crippen LogP contribution is -2.30. The zero-order chi connectivity index (χ0) is 16.7. The maximum atomic E-state index is 11.3. The van der Waals surface area contributed by atoms with Crippen LogP contribution in [0, 0.1) is 0 Å². The molecule has 2 rings (SSSR count). The van der Waals surface area contributed by atoms with Crippen molar-refractivity contribution in [3.05, 3.63) is 59.7 Å². The first-order valence-corrected chi connectivity index (χ1v) is 7.30. The maximum Gasteiger partial charge on any atom is 0.214 e. The fourth-order valence-electron chi connectivity index (χ4n) is 2.19. The summed E-state index contributed by atoms with van der Waals surface area (Å²) in [5.74, 6) is 0.548. The topological polar surface area (TPSA) is 66.8 Å². The van der Waals surface area contributed by atoms with Crippen molar-refractivity contribution in [1.82, 2.24) is 0 Å². The zero-order valence-electron chi connectivity index (χ0n) is 12.9. The van der Waals surface area contributed by atoms with Crippen LogP contribution in [0.25, 0.3) is 0 Å². The number of amides is 1. The minimum Gasteiger partial charge on any atom is -0.489 e. The largest absolute Gasteiger partial charge is 0.489 e. The van der Waals surface area contributed by atoms with Gasteiger partial charge in [-0.1, -0.05) is 30.3 Å². The second-order valence-electron chi connectivity index (χ2n) is 5.22. The summed E-state index contributed by atoms with van der Waals surface area (Å²) < 4.78 is 5.71. The van der Waals surface area contributed by atoms with Gasteiger partial charge in [-0.25, -0.2) is 0 Å². The van der Waals surface area contributed by atoms with Crippen molar-refractivity contribution in [2.75, 3.05) is 11.4 Å². The number of aldehydes is 1. The molecule has 0 saturated heterocycles. The van der Waals surface area contributed by atoms with E-state index in [-0.39, 0.29) is 6.54 Å². The van der Waals surface area contributed by atoms with Gasteiger partial charge in [0.25, 0.3) is 0 Å². The Morgan fingerprint density at radius 2 is 1.91 bits per heavy atom. The highest BCUT2D eigenvalue weighted by Crippen LogP contribution is 2.25. The molecule has 5 heteroatoms. The van der Waals surface area contributed by atoms with Crippen LogP contribution in [0.1, 0.15) is 22.8 Å². The van der Waals surface area contributed by atoms with E-state index in [1.165, 1.54) is 4.90 Å². The van der Waals surface area contributed by atoms with Crippen LogP contribution in [0.5, 0.6) is 5.75 Å². The van der Waals surface area contributed by atoms with E-state index in [9.17, 15) is 14.7 Å². The number of carbonyl (C=O) groups excluding carboxylic acids is 2. The summed E-state index contributed by atoms with van der Waals surface area (Å²) in [7, 11) is 0. The first kappa shape index (κ1) is 16.7. The summed E-state index contributed by atoms with van der Waals surface area (Å²) in [6.07, 6.45) is 0.568. The van der Waals surface area contributed by atoms with E-state index < -0.39 is 6.10 Å². The summed E-state index contributed by atoms with van der Waals surface area (Å²) in [4.78, 5) is 23.7. The van der Waals surface area contributed by atoms with Crippen LogP contribution >= 0.6 is 0 Å². The molecule has 0 aliphatic carbocycles. The molecule has 120 valence electrons. The highest BCUT2D eigenvalue weighted by Gasteiger charge is 2.14. The SMILES string of the molecule is CC(O)CN(C=O)c1cc(OCc2ccccc2)ccc1C=O. The molecule has 0 heterocycles. The minimum absolute atomic E-state index is 0.104. The summed E-state index contributed by atoms with van der Waals surface area (Å²) in [6, 6.07) is 14.6. The molecule has 23 heavy (non-hydrogen) atoms. The Morgan fingerprint density at radius 1 is 1.17 bits per heavy atom. The van der Waals surface area contributed by atoms with Gasteiger partial charge in [-0.15, -0.1) is 0 Å². The molecule has 0 aliphatic heterocycles. The predicted molar refractivity (Wildman–Crippen MR) is 87.7 cm³/mol. The Balaban J connectivity index is 2.20. The number of anilines is 1. The van der Waals surface area contributed by atoms with Gasteiger partial charge in [0.15, 0.2) is 6.29 Å². The molecule has 0 fully saturated rings. The van der Waals surface area contributed by atoms with Crippen molar-refractivity contribution < 1.29 is 19.4 Å². The Labute approximate surface area is 135 Å². The minimum atomic E-state index is -0.700. The van der Waals surface area contributed by atoms with Crippen molar-refractivity contribution in [2.45, 2.75) is 19.6 Å². The average molecular weight is 313 g/mol. The number of aliphatic hydroxyl groups is 1. The molecular formula is C18H19NO4. The van der Waals surface area contributed by atoms with Crippen LogP contribution in [0.4, 0.5) is 5.69 Å². The summed E-state index contributed by atoms with van der Waals surface area (Å²) in [5, 5.41) is 9.48. The Morgan fingerprint density at radius 3 is 2.52 bits per heavy atom. The van der Waals surface area contributed by atoms with E-state index in [0.717, 1.165) is 5.56 Å². The van der Waals surface area contributed by atoms with Crippen LogP contribution in [0.3, 0.4) is 0 Å². The lowest BCUT2D eigenvalue weighted by atomic mass is 10.1. The molecular weight excluding hydrogens is 294 g/mol. The molecule has 0 saturated carbocycles. The molecule has 2 aromatic carbocycles. The Hall–Kier alpha value is -2.66. The number of benzene rings is 2. The molecule has 0 aliphatic rings. The number of hydrogen-bond acceptors (Lipinski definition) is 4. The van der Waals surface area contributed by atoms with Gasteiger partial charge in [-0.2, -0.15) is 0 Å². The summed E-state index contributed by atoms with van der Waals surface area (Å²) in [6.45, 7) is 2.07. The van der Waals surface area contributed by atoms with Crippen LogP contribution in [0.2, 0.25) is 0 Å². The van der Waals surface area contributed by atoms with Gasteiger partial charge in [0.2, 0.25) is 6.41 Å². The predicted octanol–water partition coefficient (Wildman–Crippen LogP) is 2.42. The maximum absolute atomic E-state index is 11.3. The molecule has 0 aromatic heterocycles. The normalized spacial score (nSPS) is 11.6. The molecule has 1 N–H and O–H groups in total. The number of rotatable bonds is 8. The first-order valence-electron chi connectivity index (χ1n) is 7.30. The van der Waals surface area contributed by atoms with Crippen molar-refractivity contribution in [3.63, 3.8) is 0 Å². The average Bonchev–Trinajstić information content (AvgIpc) is 2.58.